The van der Waals surface area contributed by atoms with E-state index in [4.69, 9.17) is 10.5 Å². The zero-order valence-corrected chi connectivity index (χ0v) is 14.4. The maximum absolute atomic E-state index is 6.02. The van der Waals surface area contributed by atoms with Gasteiger partial charge in [-0.05, 0) is 49.7 Å². The highest BCUT2D eigenvalue weighted by Gasteiger charge is 2.03. The smallest absolute Gasteiger partial charge is 0.142 e. The van der Waals surface area contributed by atoms with Crippen molar-refractivity contribution in [2.75, 3.05) is 5.73 Å². The lowest BCUT2D eigenvalue weighted by Gasteiger charge is -2.11. The number of imidazole rings is 1. The molecule has 3 rings (SSSR count). The van der Waals surface area contributed by atoms with Gasteiger partial charge in [-0.1, -0.05) is 24.0 Å². The zero-order valence-electron chi connectivity index (χ0n) is 14.4. The highest BCUT2D eigenvalue weighted by Crippen LogP contribution is 2.23. The van der Waals surface area contributed by atoms with E-state index in [2.05, 4.69) is 29.0 Å². The van der Waals surface area contributed by atoms with E-state index in [-0.39, 0.29) is 6.10 Å². The normalized spacial score (nSPS) is 10.4. The van der Waals surface area contributed by atoms with Crippen LogP contribution in [-0.2, 0) is 6.54 Å². The Labute approximate surface area is 148 Å². The SMILES string of the molecule is CC(C)Oc1ccc(C#Cc2ccc(Cn3ccnc3)cc2)cc1N. The minimum Gasteiger partial charge on any atom is -0.489 e. The van der Waals surface area contributed by atoms with Gasteiger partial charge in [0.05, 0.1) is 18.1 Å². The summed E-state index contributed by atoms with van der Waals surface area (Å²) in [7, 11) is 0. The average molecular weight is 331 g/mol. The summed E-state index contributed by atoms with van der Waals surface area (Å²) in [5.41, 5.74) is 9.68. The van der Waals surface area contributed by atoms with Crippen LogP contribution in [0.4, 0.5) is 5.69 Å². The van der Waals surface area contributed by atoms with Crippen molar-refractivity contribution in [3.8, 4) is 17.6 Å². The Hall–Kier alpha value is -3.19. The topological polar surface area (TPSA) is 53.1 Å². The summed E-state index contributed by atoms with van der Waals surface area (Å²) in [6.07, 6.45) is 5.64. The number of nitrogens with two attached hydrogens (primary N) is 1. The molecule has 0 radical (unpaired) electrons. The van der Waals surface area contributed by atoms with Gasteiger partial charge in [0.1, 0.15) is 5.75 Å². The molecule has 0 fully saturated rings. The van der Waals surface area contributed by atoms with Gasteiger partial charge in [0.15, 0.2) is 0 Å². The summed E-state index contributed by atoms with van der Waals surface area (Å²) >= 11 is 0. The van der Waals surface area contributed by atoms with Crippen molar-refractivity contribution in [3.05, 3.63) is 77.9 Å². The van der Waals surface area contributed by atoms with Crippen LogP contribution in [0.3, 0.4) is 0 Å². The number of ether oxygens (including phenoxy) is 1. The fraction of sp³-hybridized carbons (Fsp3) is 0.190. The molecule has 4 nitrogen and oxygen atoms in total. The standard InChI is InChI=1S/C21H21N3O/c1-16(2)25-21-10-9-18(13-20(21)22)6-3-17-4-7-19(8-5-17)14-24-12-11-23-15-24/h4-5,7-13,15-16H,14,22H2,1-2H3. The van der Waals surface area contributed by atoms with Gasteiger partial charge < -0.3 is 15.0 Å². The first-order valence-electron chi connectivity index (χ1n) is 8.23. The Morgan fingerprint density at radius 2 is 1.80 bits per heavy atom. The maximum atomic E-state index is 6.02. The lowest BCUT2D eigenvalue weighted by molar-refractivity contribution is 0.244. The van der Waals surface area contributed by atoms with Crippen LogP contribution in [0.15, 0.2) is 61.2 Å². The van der Waals surface area contributed by atoms with Gasteiger partial charge in [0.2, 0.25) is 0 Å². The average Bonchev–Trinajstić information content (AvgIpc) is 3.09. The van der Waals surface area contributed by atoms with E-state index in [0.717, 1.165) is 17.7 Å². The Kier molecular flexibility index (Phi) is 5.06. The van der Waals surface area contributed by atoms with Crippen LogP contribution in [-0.4, -0.2) is 15.7 Å². The molecule has 0 unspecified atom stereocenters. The first-order valence-corrected chi connectivity index (χ1v) is 8.23. The molecular formula is C21H21N3O. The quantitative estimate of drug-likeness (QED) is 0.586. The van der Waals surface area contributed by atoms with Gasteiger partial charge in [0, 0.05) is 30.1 Å². The molecule has 0 spiro atoms. The number of aromatic nitrogens is 2. The predicted molar refractivity (Wildman–Crippen MR) is 100 cm³/mol. The summed E-state index contributed by atoms with van der Waals surface area (Å²) in [6, 6.07) is 13.9. The second kappa shape index (κ2) is 7.59. The molecule has 126 valence electrons. The van der Waals surface area contributed by atoms with Gasteiger partial charge in [-0.2, -0.15) is 0 Å². The molecule has 25 heavy (non-hydrogen) atoms. The lowest BCUT2D eigenvalue weighted by Crippen LogP contribution is -2.07. The number of anilines is 1. The van der Waals surface area contributed by atoms with Crippen LogP contribution < -0.4 is 10.5 Å². The summed E-state index contributed by atoms with van der Waals surface area (Å²) < 4.78 is 7.67. The lowest BCUT2D eigenvalue weighted by atomic mass is 10.1. The molecule has 2 aromatic carbocycles. The summed E-state index contributed by atoms with van der Waals surface area (Å²) in [5.74, 6) is 7.01. The second-order valence-corrected chi connectivity index (χ2v) is 6.10. The molecule has 0 bridgehead atoms. The molecule has 0 amide bonds. The molecule has 0 saturated carbocycles. The van der Waals surface area contributed by atoms with Crippen molar-refractivity contribution in [3.63, 3.8) is 0 Å². The van der Waals surface area contributed by atoms with Crippen LogP contribution in [0.1, 0.15) is 30.5 Å². The Morgan fingerprint density at radius 1 is 1.08 bits per heavy atom. The number of nitrogens with zero attached hydrogens (tertiary/aromatic N) is 2. The van der Waals surface area contributed by atoms with Crippen LogP contribution in [0.25, 0.3) is 0 Å². The molecule has 0 aliphatic carbocycles. The highest BCUT2D eigenvalue weighted by atomic mass is 16.5. The largest absolute Gasteiger partial charge is 0.489 e. The minimum absolute atomic E-state index is 0.0973. The molecule has 0 aliphatic rings. The van der Waals surface area contributed by atoms with E-state index in [1.54, 1.807) is 6.20 Å². The van der Waals surface area contributed by atoms with E-state index in [9.17, 15) is 0 Å². The van der Waals surface area contributed by atoms with Crippen molar-refractivity contribution in [1.82, 2.24) is 9.55 Å². The van der Waals surface area contributed by atoms with Crippen molar-refractivity contribution in [2.45, 2.75) is 26.5 Å². The van der Waals surface area contributed by atoms with Crippen molar-refractivity contribution in [2.24, 2.45) is 0 Å². The molecular weight excluding hydrogens is 310 g/mol. The predicted octanol–water partition coefficient (Wildman–Crippen LogP) is 3.70. The number of hydrogen-bond donors (Lipinski definition) is 1. The Morgan fingerprint density at radius 3 is 2.44 bits per heavy atom. The molecule has 1 aromatic heterocycles. The van der Waals surface area contributed by atoms with Crippen molar-refractivity contribution >= 4 is 5.69 Å². The first kappa shape index (κ1) is 16.7. The van der Waals surface area contributed by atoms with E-state index in [1.165, 1.54) is 5.56 Å². The first-order chi connectivity index (χ1) is 12.1. The summed E-state index contributed by atoms with van der Waals surface area (Å²) in [6.45, 7) is 4.76. The third-order valence-corrected chi connectivity index (χ3v) is 3.60. The third-order valence-electron chi connectivity index (χ3n) is 3.60. The van der Waals surface area contributed by atoms with Gasteiger partial charge in [-0.15, -0.1) is 0 Å². The number of rotatable bonds is 4. The van der Waals surface area contributed by atoms with Crippen molar-refractivity contribution in [1.29, 1.82) is 0 Å². The number of benzene rings is 2. The minimum atomic E-state index is 0.0973. The molecule has 3 aromatic rings. The third kappa shape index (κ3) is 4.65. The van der Waals surface area contributed by atoms with Crippen LogP contribution in [0, 0.1) is 11.8 Å². The van der Waals surface area contributed by atoms with Gasteiger partial charge in [-0.3, -0.25) is 0 Å². The summed E-state index contributed by atoms with van der Waals surface area (Å²) in [4.78, 5) is 4.05. The van der Waals surface area contributed by atoms with Gasteiger partial charge in [0.25, 0.3) is 0 Å². The molecule has 2 N–H and O–H groups in total. The van der Waals surface area contributed by atoms with Gasteiger partial charge in [-0.25, -0.2) is 4.98 Å². The number of hydrogen-bond acceptors (Lipinski definition) is 3. The molecule has 0 saturated heterocycles. The summed E-state index contributed by atoms with van der Waals surface area (Å²) in [5, 5.41) is 0. The maximum Gasteiger partial charge on any atom is 0.142 e. The van der Waals surface area contributed by atoms with E-state index in [0.29, 0.717) is 11.4 Å². The van der Waals surface area contributed by atoms with E-state index < -0.39 is 0 Å². The molecule has 0 aliphatic heterocycles. The fourth-order valence-electron chi connectivity index (χ4n) is 2.42. The van der Waals surface area contributed by atoms with Crippen molar-refractivity contribution < 1.29 is 4.74 Å². The molecule has 4 heteroatoms. The van der Waals surface area contributed by atoms with E-state index >= 15 is 0 Å². The van der Waals surface area contributed by atoms with Crippen LogP contribution in [0.2, 0.25) is 0 Å². The monoisotopic (exact) mass is 331 g/mol. The second-order valence-electron chi connectivity index (χ2n) is 6.10. The number of nitrogen functional groups attached to an aromatic ring is 1. The molecule has 1 heterocycles. The van der Waals surface area contributed by atoms with Gasteiger partial charge >= 0.3 is 0 Å². The van der Waals surface area contributed by atoms with E-state index in [1.807, 2.05) is 61.3 Å². The van der Waals surface area contributed by atoms with Crippen LogP contribution in [0.5, 0.6) is 5.75 Å². The Bertz CT molecular complexity index is 885. The highest BCUT2D eigenvalue weighted by molar-refractivity contribution is 5.58. The van der Waals surface area contributed by atoms with Crippen LogP contribution >= 0.6 is 0 Å². The zero-order chi connectivity index (χ0) is 17.6. The fourth-order valence-corrected chi connectivity index (χ4v) is 2.42. The Balaban J connectivity index is 1.69. The molecule has 0 atom stereocenters.